The molecular formula is C18H20N2O5S. The van der Waals surface area contributed by atoms with E-state index in [2.05, 4.69) is 5.32 Å². The van der Waals surface area contributed by atoms with Gasteiger partial charge in [-0.25, -0.2) is 4.79 Å². The summed E-state index contributed by atoms with van der Waals surface area (Å²) in [5, 5.41) is 2.86. The van der Waals surface area contributed by atoms with E-state index in [1.807, 2.05) is 0 Å². The van der Waals surface area contributed by atoms with Gasteiger partial charge in [-0.05, 0) is 25.5 Å². The van der Waals surface area contributed by atoms with Gasteiger partial charge < -0.3 is 19.7 Å². The van der Waals surface area contributed by atoms with Crippen molar-refractivity contribution in [1.82, 2.24) is 5.32 Å². The summed E-state index contributed by atoms with van der Waals surface area (Å²) in [4.78, 5) is 40.2. The number of esters is 2. The van der Waals surface area contributed by atoms with Crippen molar-refractivity contribution in [3.8, 4) is 0 Å². The van der Waals surface area contributed by atoms with E-state index in [1.165, 1.54) is 4.90 Å². The quantitative estimate of drug-likeness (QED) is 0.618. The number of carbonyl (C=O) groups excluding carboxylic acids is 3. The van der Waals surface area contributed by atoms with Gasteiger partial charge in [0.05, 0.1) is 18.2 Å². The van der Waals surface area contributed by atoms with Crippen LogP contribution in [-0.4, -0.2) is 49.1 Å². The molecule has 0 aromatic heterocycles. The zero-order chi connectivity index (χ0) is 19.1. The molecule has 0 aliphatic carbocycles. The van der Waals surface area contributed by atoms with Crippen LogP contribution in [0.5, 0.6) is 0 Å². The Hall–Kier alpha value is -2.48. The maximum atomic E-state index is 13.3. The second-order valence-electron chi connectivity index (χ2n) is 6.12. The third-order valence-corrected chi connectivity index (χ3v) is 5.30. The number of anilines is 1. The van der Waals surface area contributed by atoms with Gasteiger partial charge in [-0.3, -0.25) is 9.59 Å². The van der Waals surface area contributed by atoms with Crippen molar-refractivity contribution in [2.45, 2.75) is 25.3 Å². The average molecular weight is 376 g/mol. The molecular weight excluding hydrogens is 356 g/mol. The zero-order valence-corrected chi connectivity index (χ0v) is 15.6. The molecule has 1 aromatic carbocycles. The number of nitrogens with one attached hydrogen (secondary N) is 1. The van der Waals surface area contributed by atoms with Crippen LogP contribution in [-0.2, 0) is 29.3 Å². The minimum Gasteiger partial charge on any atom is -0.466 e. The molecule has 8 heteroatoms. The Labute approximate surface area is 156 Å². The molecule has 3 rings (SSSR count). The van der Waals surface area contributed by atoms with Gasteiger partial charge in [0.25, 0.3) is 0 Å². The van der Waals surface area contributed by atoms with Gasteiger partial charge in [-0.1, -0.05) is 30.4 Å². The number of hydrogen-bond donors (Lipinski definition) is 1. The summed E-state index contributed by atoms with van der Waals surface area (Å²) < 4.78 is 10.3. The predicted octanol–water partition coefficient (Wildman–Crippen LogP) is 0.942. The number of benzene rings is 1. The molecule has 1 N–H and O–H groups in total. The lowest BCUT2D eigenvalue weighted by Crippen LogP contribution is -2.51. The van der Waals surface area contributed by atoms with E-state index < -0.39 is 29.3 Å². The fourth-order valence-electron chi connectivity index (χ4n) is 3.81. The lowest BCUT2D eigenvalue weighted by atomic mass is 9.71. The third-order valence-electron chi connectivity index (χ3n) is 4.86. The lowest BCUT2D eigenvalue weighted by Gasteiger charge is -2.28. The number of rotatable bonds is 4. The van der Waals surface area contributed by atoms with Gasteiger partial charge in [-0.2, -0.15) is 0 Å². The monoisotopic (exact) mass is 376 g/mol. The van der Waals surface area contributed by atoms with Crippen molar-refractivity contribution in [2.24, 2.45) is 5.92 Å². The van der Waals surface area contributed by atoms with Crippen LogP contribution in [0.2, 0.25) is 0 Å². The molecule has 1 fully saturated rings. The molecule has 1 spiro atoms. The molecule has 0 saturated carbocycles. The maximum absolute atomic E-state index is 13.3. The number of para-hydroxylation sites is 1. The standard InChI is InChI=1S/C18H20N2O5S/c1-4-24-14(21)12-13(15(22)25-5-2)19-16(26)18(12)10-8-6-7-9-11(10)20(3)17(18)23/h6-9,12-13H,4-5H2,1-3H3,(H,19,26)/t12-,13-,18-/m1/s1. The smallest absolute Gasteiger partial charge is 0.329 e. The second kappa shape index (κ2) is 6.68. The van der Waals surface area contributed by atoms with Crippen molar-refractivity contribution in [3.05, 3.63) is 29.8 Å². The molecule has 0 bridgehead atoms. The van der Waals surface area contributed by atoms with Gasteiger partial charge in [0.1, 0.15) is 17.4 Å². The highest BCUT2D eigenvalue weighted by atomic mass is 32.1. The molecule has 2 heterocycles. The number of carbonyl (C=O) groups is 3. The van der Waals surface area contributed by atoms with E-state index in [0.29, 0.717) is 11.3 Å². The van der Waals surface area contributed by atoms with E-state index in [4.69, 9.17) is 21.7 Å². The van der Waals surface area contributed by atoms with Crippen LogP contribution in [0.4, 0.5) is 5.69 Å². The Morgan fingerprint density at radius 3 is 2.46 bits per heavy atom. The van der Waals surface area contributed by atoms with Crippen molar-refractivity contribution in [1.29, 1.82) is 0 Å². The van der Waals surface area contributed by atoms with E-state index in [9.17, 15) is 14.4 Å². The molecule has 1 aromatic rings. The Balaban J connectivity index is 2.21. The van der Waals surface area contributed by atoms with Gasteiger partial charge in [-0.15, -0.1) is 0 Å². The highest BCUT2D eigenvalue weighted by molar-refractivity contribution is 7.80. The van der Waals surface area contributed by atoms with Crippen LogP contribution in [0.15, 0.2) is 24.3 Å². The summed E-state index contributed by atoms with van der Waals surface area (Å²) in [6.07, 6.45) is 0. The van der Waals surface area contributed by atoms with Crippen LogP contribution < -0.4 is 10.2 Å². The summed E-state index contributed by atoms with van der Waals surface area (Å²) in [7, 11) is 1.62. The summed E-state index contributed by atoms with van der Waals surface area (Å²) in [5.74, 6) is -2.78. The minimum absolute atomic E-state index is 0.124. The average Bonchev–Trinajstić information content (AvgIpc) is 3.05. The van der Waals surface area contributed by atoms with E-state index in [1.54, 1.807) is 45.2 Å². The van der Waals surface area contributed by atoms with Crippen molar-refractivity contribution < 1.29 is 23.9 Å². The van der Waals surface area contributed by atoms with Crippen molar-refractivity contribution >= 4 is 40.7 Å². The summed E-state index contributed by atoms with van der Waals surface area (Å²) >= 11 is 5.48. The SMILES string of the molecule is CCOC(=O)[C@@H]1NC(=S)[C@]2(C(=O)N(C)c3ccccc32)[C@H]1C(=O)OCC. The molecule has 1 amide bonds. The normalized spacial score (nSPS) is 26.7. The Bertz CT molecular complexity index is 796. The Morgan fingerprint density at radius 2 is 1.81 bits per heavy atom. The van der Waals surface area contributed by atoms with E-state index in [-0.39, 0.29) is 24.1 Å². The van der Waals surface area contributed by atoms with Crippen molar-refractivity contribution in [3.63, 3.8) is 0 Å². The first-order valence-electron chi connectivity index (χ1n) is 8.43. The molecule has 7 nitrogen and oxygen atoms in total. The van der Waals surface area contributed by atoms with Crippen LogP contribution in [0, 0.1) is 5.92 Å². The molecule has 3 atom stereocenters. The molecule has 2 aliphatic rings. The number of amides is 1. The van der Waals surface area contributed by atoms with Crippen LogP contribution in [0.3, 0.4) is 0 Å². The lowest BCUT2D eigenvalue weighted by molar-refractivity contribution is -0.158. The highest BCUT2D eigenvalue weighted by Gasteiger charge is 2.68. The van der Waals surface area contributed by atoms with Gasteiger partial charge in [0.2, 0.25) is 5.91 Å². The number of thiocarbonyl (C=S) groups is 1. The first-order valence-corrected chi connectivity index (χ1v) is 8.83. The van der Waals surface area contributed by atoms with Gasteiger partial charge in [0, 0.05) is 12.7 Å². The van der Waals surface area contributed by atoms with Gasteiger partial charge >= 0.3 is 11.9 Å². The maximum Gasteiger partial charge on any atom is 0.329 e. The summed E-state index contributed by atoms with van der Waals surface area (Å²) in [5.41, 5.74) is -0.222. The van der Waals surface area contributed by atoms with Crippen LogP contribution in [0.25, 0.3) is 0 Å². The second-order valence-corrected chi connectivity index (χ2v) is 6.53. The number of likely N-dealkylation sites (N-methyl/N-ethyl adjacent to an activating group) is 1. The molecule has 1 saturated heterocycles. The van der Waals surface area contributed by atoms with Crippen LogP contribution >= 0.6 is 12.2 Å². The van der Waals surface area contributed by atoms with Gasteiger partial charge in [0.15, 0.2) is 0 Å². The van der Waals surface area contributed by atoms with E-state index >= 15 is 0 Å². The number of hydrogen-bond acceptors (Lipinski definition) is 6. The highest BCUT2D eigenvalue weighted by Crippen LogP contribution is 2.50. The molecule has 0 radical (unpaired) electrons. The fraction of sp³-hybridized carbons (Fsp3) is 0.444. The minimum atomic E-state index is -1.47. The first kappa shape index (κ1) is 18.3. The largest absolute Gasteiger partial charge is 0.466 e. The molecule has 138 valence electrons. The Kier molecular flexibility index (Phi) is 4.70. The summed E-state index contributed by atoms with van der Waals surface area (Å²) in [6, 6.07) is 6.03. The molecule has 0 unspecified atom stereocenters. The Morgan fingerprint density at radius 1 is 1.19 bits per heavy atom. The number of ether oxygens (including phenoxy) is 2. The predicted molar refractivity (Wildman–Crippen MR) is 97.8 cm³/mol. The zero-order valence-electron chi connectivity index (χ0n) is 14.8. The molecule has 26 heavy (non-hydrogen) atoms. The van der Waals surface area contributed by atoms with Crippen molar-refractivity contribution in [2.75, 3.05) is 25.2 Å². The topological polar surface area (TPSA) is 84.9 Å². The number of nitrogens with zero attached hydrogens (tertiary/aromatic N) is 1. The van der Waals surface area contributed by atoms with E-state index in [0.717, 1.165) is 0 Å². The fourth-order valence-corrected chi connectivity index (χ4v) is 4.26. The van der Waals surface area contributed by atoms with Crippen LogP contribution in [0.1, 0.15) is 19.4 Å². The molecule has 2 aliphatic heterocycles. The number of fused-ring (bicyclic) bond motifs is 2. The third kappa shape index (κ3) is 2.32. The summed E-state index contributed by atoms with van der Waals surface area (Å²) in [6.45, 7) is 3.61. The first-order chi connectivity index (χ1) is 12.4.